The van der Waals surface area contributed by atoms with Gasteiger partial charge in [-0.15, -0.1) is 0 Å². The Morgan fingerprint density at radius 2 is 1.71 bits per heavy atom. The number of nitrogens with one attached hydrogen (secondary N) is 1. The zero-order chi connectivity index (χ0) is 12.5. The first-order chi connectivity index (χ1) is 8.29. The molecule has 17 heavy (non-hydrogen) atoms. The van der Waals surface area contributed by atoms with Crippen LogP contribution in [0.15, 0.2) is 11.0 Å². The van der Waals surface area contributed by atoms with Crippen molar-refractivity contribution in [2.24, 2.45) is 0 Å². The minimum atomic E-state index is 0.00935. The van der Waals surface area contributed by atoms with Gasteiger partial charge in [-0.05, 0) is 31.2 Å². The molecule has 96 valence electrons. The molecule has 1 aromatic rings. The van der Waals surface area contributed by atoms with Crippen molar-refractivity contribution in [2.75, 3.05) is 0 Å². The Morgan fingerprint density at radius 1 is 1.06 bits per heavy atom. The number of hydrogen-bond acceptors (Lipinski definition) is 2. The number of unbranched alkanes of at least 4 members (excludes halogenated alkanes) is 4. The molecule has 0 saturated heterocycles. The molecule has 0 bridgehead atoms. The fraction of sp³-hybridized carbons (Fsp3) is 0.714. The lowest BCUT2D eigenvalue weighted by Gasteiger charge is -2.07. The lowest BCUT2D eigenvalue weighted by Crippen LogP contribution is -2.17. The lowest BCUT2D eigenvalue weighted by molar-refractivity contribution is 0.682. The van der Waals surface area contributed by atoms with Gasteiger partial charge < -0.3 is 0 Å². The van der Waals surface area contributed by atoms with E-state index < -0.39 is 0 Å². The van der Waals surface area contributed by atoms with Crippen LogP contribution in [-0.2, 0) is 12.8 Å². The van der Waals surface area contributed by atoms with Crippen LogP contribution >= 0.6 is 0 Å². The summed E-state index contributed by atoms with van der Waals surface area (Å²) in [5.41, 5.74) is 2.12. The van der Waals surface area contributed by atoms with Crippen LogP contribution in [0.5, 0.6) is 0 Å². The Hall–Kier alpha value is -1.12. The van der Waals surface area contributed by atoms with Crippen LogP contribution in [0.4, 0.5) is 0 Å². The van der Waals surface area contributed by atoms with E-state index in [-0.39, 0.29) is 5.56 Å². The van der Waals surface area contributed by atoms with E-state index in [9.17, 15) is 4.79 Å². The zero-order valence-electron chi connectivity index (χ0n) is 11.1. The van der Waals surface area contributed by atoms with Gasteiger partial charge in [-0.3, -0.25) is 4.79 Å². The first-order valence-electron chi connectivity index (χ1n) is 6.85. The molecule has 0 radical (unpaired) electrons. The Morgan fingerprint density at radius 3 is 2.35 bits per heavy atom. The molecule has 0 aliphatic heterocycles. The second-order valence-electron chi connectivity index (χ2n) is 4.62. The number of aromatic amines is 1. The molecular formula is C14H24N2O. The van der Waals surface area contributed by atoms with Crippen LogP contribution in [-0.4, -0.2) is 10.2 Å². The lowest BCUT2D eigenvalue weighted by atomic mass is 10.0. The molecule has 0 atom stereocenters. The monoisotopic (exact) mass is 236 g/mol. The Bertz CT molecular complexity index is 371. The van der Waals surface area contributed by atoms with Gasteiger partial charge >= 0.3 is 0 Å². The molecule has 3 nitrogen and oxygen atoms in total. The predicted octanol–water partition coefficient (Wildman–Crippen LogP) is 3.24. The molecular weight excluding hydrogens is 212 g/mol. The van der Waals surface area contributed by atoms with E-state index in [1.807, 2.05) is 6.20 Å². The molecule has 0 saturated carbocycles. The summed E-state index contributed by atoms with van der Waals surface area (Å²) in [4.78, 5) is 11.7. The van der Waals surface area contributed by atoms with Crippen LogP contribution in [0.3, 0.4) is 0 Å². The van der Waals surface area contributed by atoms with Gasteiger partial charge in [-0.25, -0.2) is 5.10 Å². The Kier molecular flexibility index (Phi) is 6.60. The second-order valence-corrected chi connectivity index (χ2v) is 4.62. The third-order valence-electron chi connectivity index (χ3n) is 3.13. The standard InChI is InChI=1S/C14H24N2O/c1-3-5-7-9-12-11-15-16-14(17)13(12)10-8-6-4-2/h11H,3-10H2,1-2H3,(H,16,17). The molecule has 1 aromatic heterocycles. The highest BCUT2D eigenvalue weighted by molar-refractivity contribution is 5.21. The van der Waals surface area contributed by atoms with E-state index in [1.165, 1.54) is 25.7 Å². The molecule has 1 N–H and O–H groups in total. The third-order valence-corrected chi connectivity index (χ3v) is 3.13. The maximum atomic E-state index is 11.7. The maximum Gasteiger partial charge on any atom is 0.267 e. The summed E-state index contributed by atoms with van der Waals surface area (Å²) < 4.78 is 0. The summed E-state index contributed by atoms with van der Waals surface area (Å²) in [6, 6.07) is 0. The van der Waals surface area contributed by atoms with Crippen molar-refractivity contribution in [3.8, 4) is 0 Å². The average Bonchev–Trinajstić information content (AvgIpc) is 2.33. The average molecular weight is 236 g/mol. The Balaban J connectivity index is 2.66. The summed E-state index contributed by atoms with van der Waals surface area (Å²) >= 11 is 0. The number of H-pyrrole nitrogens is 1. The van der Waals surface area contributed by atoms with Gasteiger partial charge in [0.1, 0.15) is 0 Å². The van der Waals surface area contributed by atoms with E-state index in [0.29, 0.717) is 0 Å². The molecule has 0 fully saturated rings. The van der Waals surface area contributed by atoms with E-state index in [0.717, 1.165) is 36.8 Å². The van der Waals surface area contributed by atoms with Crippen LogP contribution in [0.2, 0.25) is 0 Å². The number of hydrogen-bond donors (Lipinski definition) is 1. The van der Waals surface area contributed by atoms with Crippen molar-refractivity contribution in [3.63, 3.8) is 0 Å². The first-order valence-corrected chi connectivity index (χ1v) is 6.85. The fourth-order valence-electron chi connectivity index (χ4n) is 2.07. The highest BCUT2D eigenvalue weighted by Gasteiger charge is 2.07. The minimum Gasteiger partial charge on any atom is -0.268 e. The van der Waals surface area contributed by atoms with Gasteiger partial charge in [0.25, 0.3) is 5.56 Å². The number of aromatic nitrogens is 2. The van der Waals surface area contributed by atoms with Gasteiger partial charge in [-0.2, -0.15) is 5.10 Å². The van der Waals surface area contributed by atoms with E-state index in [4.69, 9.17) is 0 Å². The minimum absolute atomic E-state index is 0.00935. The topological polar surface area (TPSA) is 45.8 Å². The van der Waals surface area contributed by atoms with Crippen molar-refractivity contribution in [1.82, 2.24) is 10.2 Å². The number of aryl methyl sites for hydroxylation is 1. The highest BCUT2D eigenvalue weighted by atomic mass is 16.1. The molecule has 0 aromatic carbocycles. The summed E-state index contributed by atoms with van der Waals surface area (Å²) in [7, 11) is 0. The maximum absolute atomic E-state index is 11.7. The molecule has 3 heteroatoms. The third kappa shape index (κ3) is 4.72. The van der Waals surface area contributed by atoms with E-state index >= 15 is 0 Å². The van der Waals surface area contributed by atoms with Crippen LogP contribution in [0.1, 0.15) is 63.5 Å². The SMILES string of the molecule is CCCCCc1cn[nH]c(=O)c1CCCCC. The van der Waals surface area contributed by atoms with Crippen molar-refractivity contribution in [1.29, 1.82) is 0 Å². The molecule has 0 aliphatic carbocycles. The quantitative estimate of drug-likeness (QED) is 0.704. The molecule has 1 heterocycles. The second kappa shape index (κ2) is 8.04. The van der Waals surface area contributed by atoms with Gasteiger partial charge in [0, 0.05) is 5.56 Å². The van der Waals surface area contributed by atoms with Gasteiger partial charge in [0.2, 0.25) is 0 Å². The zero-order valence-corrected chi connectivity index (χ0v) is 11.1. The Labute approximate surface area is 104 Å². The van der Waals surface area contributed by atoms with Crippen molar-refractivity contribution < 1.29 is 0 Å². The van der Waals surface area contributed by atoms with E-state index in [1.54, 1.807) is 0 Å². The molecule has 0 spiro atoms. The normalized spacial score (nSPS) is 10.7. The van der Waals surface area contributed by atoms with Crippen molar-refractivity contribution in [2.45, 2.75) is 65.2 Å². The summed E-state index contributed by atoms with van der Waals surface area (Å²) in [5.74, 6) is 0. The van der Waals surface area contributed by atoms with Crippen LogP contribution < -0.4 is 5.56 Å². The largest absolute Gasteiger partial charge is 0.268 e. The summed E-state index contributed by atoms with van der Waals surface area (Å²) in [6.45, 7) is 4.37. The first kappa shape index (κ1) is 13.9. The van der Waals surface area contributed by atoms with Crippen LogP contribution in [0, 0.1) is 0 Å². The molecule has 0 amide bonds. The molecule has 0 aliphatic rings. The molecule has 0 unspecified atom stereocenters. The van der Waals surface area contributed by atoms with Crippen molar-refractivity contribution in [3.05, 3.63) is 27.7 Å². The van der Waals surface area contributed by atoms with Gasteiger partial charge in [-0.1, -0.05) is 39.5 Å². The number of nitrogens with zero attached hydrogens (tertiary/aromatic N) is 1. The van der Waals surface area contributed by atoms with Crippen LogP contribution in [0.25, 0.3) is 0 Å². The van der Waals surface area contributed by atoms with Gasteiger partial charge in [0.05, 0.1) is 6.20 Å². The predicted molar refractivity (Wildman–Crippen MR) is 71.3 cm³/mol. The fourth-order valence-corrected chi connectivity index (χ4v) is 2.07. The number of rotatable bonds is 8. The van der Waals surface area contributed by atoms with E-state index in [2.05, 4.69) is 24.0 Å². The molecule has 1 rings (SSSR count). The smallest absolute Gasteiger partial charge is 0.267 e. The highest BCUT2D eigenvalue weighted by Crippen LogP contribution is 2.11. The summed E-state index contributed by atoms with van der Waals surface area (Å²) in [6.07, 6.45) is 10.8. The van der Waals surface area contributed by atoms with Gasteiger partial charge in [0.15, 0.2) is 0 Å². The summed E-state index contributed by atoms with van der Waals surface area (Å²) in [5, 5.41) is 6.47. The van der Waals surface area contributed by atoms with Crippen molar-refractivity contribution >= 4 is 0 Å².